The molecular formula is C12H14BrN. The van der Waals surface area contributed by atoms with E-state index in [0.717, 1.165) is 6.54 Å². The number of hydrogen-bond donors (Lipinski definition) is 1. The van der Waals surface area contributed by atoms with Gasteiger partial charge in [-0.15, -0.1) is 0 Å². The maximum absolute atomic E-state index is 3.57. The normalized spacial score (nSPS) is 22.4. The predicted molar refractivity (Wildman–Crippen MR) is 62.8 cm³/mol. The Bertz CT molecular complexity index is 367. The average molecular weight is 252 g/mol. The molecule has 1 nitrogen and oxygen atoms in total. The summed E-state index contributed by atoms with van der Waals surface area (Å²) >= 11 is 3.57. The molecule has 1 N–H and O–H groups in total. The molecule has 0 saturated heterocycles. The van der Waals surface area contributed by atoms with Crippen LogP contribution in [0.5, 0.6) is 0 Å². The van der Waals surface area contributed by atoms with Crippen molar-refractivity contribution in [2.45, 2.75) is 31.1 Å². The van der Waals surface area contributed by atoms with Gasteiger partial charge in [-0.1, -0.05) is 28.8 Å². The monoisotopic (exact) mass is 251 g/mol. The van der Waals surface area contributed by atoms with Crippen LogP contribution in [0.15, 0.2) is 22.7 Å². The second-order valence-electron chi connectivity index (χ2n) is 4.53. The van der Waals surface area contributed by atoms with Gasteiger partial charge in [0.1, 0.15) is 0 Å². The van der Waals surface area contributed by atoms with Gasteiger partial charge in [0.05, 0.1) is 0 Å². The number of halogens is 1. The molecule has 74 valence electrons. The molecule has 1 saturated carbocycles. The summed E-state index contributed by atoms with van der Waals surface area (Å²) in [5.41, 5.74) is 3.37. The average Bonchev–Trinajstić information content (AvgIpc) is 2.77. The first-order chi connectivity index (χ1) is 6.80. The van der Waals surface area contributed by atoms with E-state index in [9.17, 15) is 0 Å². The van der Waals surface area contributed by atoms with E-state index in [0.29, 0.717) is 5.41 Å². The summed E-state index contributed by atoms with van der Waals surface area (Å²) in [5, 5.41) is 3.54. The van der Waals surface area contributed by atoms with Gasteiger partial charge in [-0.05, 0) is 36.6 Å². The van der Waals surface area contributed by atoms with E-state index in [2.05, 4.69) is 39.4 Å². The molecule has 2 aliphatic rings. The van der Waals surface area contributed by atoms with Crippen LogP contribution in [0.2, 0.25) is 0 Å². The molecule has 0 aromatic heterocycles. The van der Waals surface area contributed by atoms with Crippen molar-refractivity contribution in [1.29, 1.82) is 0 Å². The van der Waals surface area contributed by atoms with Gasteiger partial charge >= 0.3 is 0 Å². The van der Waals surface area contributed by atoms with Crippen LogP contribution in [-0.4, -0.2) is 6.54 Å². The number of nitrogens with one attached hydrogen (secondary N) is 1. The zero-order valence-corrected chi connectivity index (χ0v) is 9.73. The first-order valence-electron chi connectivity index (χ1n) is 5.34. The Kier molecular flexibility index (Phi) is 1.88. The molecular weight excluding hydrogens is 238 g/mol. The van der Waals surface area contributed by atoms with Crippen molar-refractivity contribution in [3.63, 3.8) is 0 Å². The Morgan fingerprint density at radius 3 is 2.79 bits per heavy atom. The molecule has 1 aromatic rings. The first kappa shape index (κ1) is 8.78. The Hall–Kier alpha value is -0.500. The quantitative estimate of drug-likeness (QED) is 0.742. The Morgan fingerprint density at radius 2 is 2.00 bits per heavy atom. The van der Waals surface area contributed by atoms with Crippen LogP contribution in [0.25, 0.3) is 0 Å². The smallest absolute Gasteiger partial charge is 0.0380 e. The SMILES string of the molecule is Brc1ccc2c(c1)C1(CCCC1)CN2. The van der Waals surface area contributed by atoms with Gasteiger partial charge in [-0.2, -0.15) is 0 Å². The van der Waals surface area contributed by atoms with E-state index < -0.39 is 0 Å². The van der Waals surface area contributed by atoms with Crippen molar-refractivity contribution in [3.05, 3.63) is 28.2 Å². The standard InChI is InChI=1S/C12H14BrN/c13-9-3-4-11-10(7-9)12(8-14-11)5-1-2-6-12/h3-4,7,14H,1-2,5-6,8H2. The third kappa shape index (κ3) is 1.13. The Labute approximate surface area is 93.0 Å². The Balaban J connectivity index is 2.12. The highest BCUT2D eigenvalue weighted by molar-refractivity contribution is 9.10. The summed E-state index contributed by atoms with van der Waals surface area (Å²) in [6.07, 6.45) is 5.52. The van der Waals surface area contributed by atoms with Crippen molar-refractivity contribution < 1.29 is 0 Å². The van der Waals surface area contributed by atoms with Crippen molar-refractivity contribution in [3.8, 4) is 0 Å². The van der Waals surface area contributed by atoms with Crippen LogP contribution < -0.4 is 5.32 Å². The molecule has 1 aliphatic carbocycles. The van der Waals surface area contributed by atoms with Crippen molar-refractivity contribution in [2.75, 3.05) is 11.9 Å². The number of fused-ring (bicyclic) bond motifs is 2. The minimum atomic E-state index is 0.471. The number of hydrogen-bond acceptors (Lipinski definition) is 1. The van der Waals surface area contributed by atoms with Crippen molar-refractivity contribution >= 4 is 21.6 Å². The lowest BCUT2D eigenvalue weighted by Crippen LogP contribution is -2.23. The molecule has 0 unspecified atom stereocenters. The highest BCUT2D eigenvalue weighted by Crippen LogP contribution is 2.48. The summed E-state index contributed by atoms with van der Waals surface area (Å²) in [6, 6.07) is 6.63. The summed E-state index contributed by atoms with van der Waals surface area (Å²) in [7, 11) is 0. The van der Waals surface area contributed by atoms with Crippen molar-refractivity contribution in [1.82, 2.24) is 0 Å². The van der Waals surface area contributed by atoms with Crippen LogP contribution in [-0.2, 0) is 5.41 Å². The van der Waals surface area contributed by atoms with E-state index in [1.807, 2.05) is 0 Å². The molecule has 2 heteroatoms. The third-order valence-electron chi connectivity index (χ3n) is 3.73. The maximum atomic E-state index is 3.57. The molecule has 1 heterocycles. The van der Waals surface area contributed by atoms with E-state index in [-0.39, 0.29) is 0 Å². The fraction of sp³-hybridized carbons (Fsp3) is 0.500. The largest absolute Gasteiger partial charge is 0.384 e. The van der Waals surface area contributed by atoms with Gasteiger partial charge in [0.25, 0.3) is 0 Å². The van der Waals surface area contributed by atoms with E-state index in [1.165, 1.54) is 35.8 Å². The van der Waals surface area contributed by atoms with E-state index in [1.54, 1.807) is 5.56 Å². The topological polar surface area (TPSA) is 12.0 Å². The zero-order valence-electron chi connectivity index (χ0n) is 8.15. The second kappa shape index (κ2) is 2.99. The van der Waals surface area contributed by atoms with Gasteiger partial charge in [-0.25, -0.2) is 0 Å². The molecule has 0 amide bonds. The minimum Gasteiger partial charge on any atom is -0.384 e. The van der Waals surface area contributed by atoms with Crippen LogP contribution in [0.4, 0.5) is 5.69 Å². The first-order valence-corrected chi connectivity index (χ1v) is 6.13. The third-order valence-corrected chi connectivity index (χ3v) is 4.22. The van der Waals surface area contributed by atoms with E-state index in [4.69, 9.17) is 0 Å². The molecule has 1 aromatic carbocycles. The van der Waals surface area contributed by atoms with Crippen LogP contribution in [0, 0.1) is 0 Å². The molecule has 0 bridgehead atoms. The predicted octanol–water partition coefficient (Wildman–Crippen LogP) is 3.69. The van der Waals surface area contributed by atoms with Gasteiger partial charge in [0.2, 0.25) is 0 Å². The summed E-state index contributed by atoms with van der Waals surface area (Å²) < 4.78 is 1.21. The van der Waals surface area contributed by atoms with E-state index >= 15 is 0 Å². The zero-order chi connectivity index (χ0) is 9.60. The lowest BCUT2D eigenvalue weighted by molar-refractivity contribution is 0.489. The maximum Gasteiger partial charge on any atom is 0.0380 e. The molecule has 1 spiro atoms. The lowest BCUT2D eigenvalue weighted by atomic mass is 9.81. The van der Waals surface area contributed by atoms with Gasteiger partial charge in [0, 0.05) is 22.1 Å². The molecule has 1 fully saturated rings. The fourth-order valence-electron chi connectivity index (χ4n) is 2.97. The van der Waals surface area contributed by atoms with Crippen LogP contribution in [0.3, 0.4) is 0 Å². The summed E-state index contributed by atoms with van der Waals surface area (Å²) in [5.74, 6) is 0. The minimum absolute atomic E-state index is 0.471. The van der Waals surface area contributed by atoms with Gasteiger partial charge in [0.15, 0.2) is 0 Å². The molecule has 0 radical (unpaired) electrons. The fourth-order valence-corrected chi connectivity index (χ4v) is 3.33. The highest BCUT2D eigenvalue weighted by Gasteiger charge is 2.40. The summed E-state index contributed by atoms with van der Waals surface area (Å²) in [4.78, 5) is 0. The Morgan fingerprint density at radius 1 is 1.21 bits per heavy atom. The van der Waals surface area contributed by atoms with Crippen molar-refractivity contribution in [2.24, 2.45) is 0 Å². The molecule has 3 rings (SSSR count). The molecule has 0 atom stereocenters. The second-order valence-corrected chi connectivity index (χ2v) is 5.45. The number of anilines is 1. The summed E-state index contributed by atoms with van der Waals surface area (Å²) in [6.45, 7) is 1.15. The lowest BCUT2D eigenvalue weighted by Gasteiger charge is -2.22. The number of rotatable bonds is 0. The van der Waals surface area contributed by atoms with Crippen LogP contribution in [0.1, 0.15) is 31.2 Å². The van der Waals surface area contributed by atoms with Crippen LogP contribution >= 0.6 is 15.9 Å². The molecule has 14 heavy (non-hydrogen) atoms. The molecule has 1 aliphatic heterocycles. The number of benzene rings is 1. The van der Waals surface area contributed by atoms with Gasteiger partial charge in [-0.3, -0.25) is 0 Å². The van der Waals surface area contributed by atoms with Gasteiger partial charge < -0.3 is 5.32 Å². The highest BCUT2D eigenvalue weighted by atomic mass is 79.9.